The van der Waals surface area contributed by atoms with E-state index in [9.17, 15) is 0 Å². The predicted octanol–water partition coefficient (Wildman–Crippen LogP) is 1.70. The molecule has 0 saturated heterocycles. The second kappa shape index (κ2) is 5.25. The van der Waals surface area contributed by atoms with Crippen LogP contribution in [-0.2, 0) is 13.1 Å². The molecule has 2 aromatic rings. The summed E-state index contributed by atoms with van der Waals surface area (Å²) in [6.45, 7) is 3.80. The average Bonchev–Trinajstić information content (AvgIpc) is 2.76. The van der Waals surface area contributed by atoms with Crippen molar-refractivity contribution in [3.05, 3.63) is 36.4 Å². The van der Waals surface area contributed by atoms with Gasteiger partial charge in [-0.3, -0.25) is 4.68 Å². The Morgan fingerprint density at radius 2 is 2.12 bits per heavy atom. The van der Waals surface area contributed by atoms with E-state index >= 15 is 0 Å². The fourth-order valence-electron chi connectivity index (χ4n) is 1.42. The number of aromatic nitrogens is 4. The number of anilines is 1. The van der Waals surface area contributed by atoms with Crippen LogP contribution in [0.15, 0.2) is 30.9 Å². The van der Waals surface area contributed by atoms with Gasteiger partial charge in [0.25, 0.3) is 0 Å². The molecule has 1 N–H and O–H groups in total. The minimum absolute atomic E-state index is 0.644. The third kappa shape index (κ3) is 2.79. The van der Waals surface area contributed by atoms with Crippen molar-refractivity contribution in [2.24, 2.45) is 0 Å². The van der Waals surface area contributed by atoms with Gasteiger partial charge in [-0.15, -0.1) is 0 Å². The number of hydrogen-bond donors (Lipinski definition) is 1. The number of aryl methyl sites for hydroxylation is 1. The highest BCUT2D eigenvalue weighted by molar-refractivity contribution is 5.24. The van der Waals surface area contributed by atoms with Gasteiger partial charge < -0.3 is 5.32 Å². The molecule has 2 rings (SSSR count). The summed E-state index contributed by atoms with van der Waals surface area (Å²) in [5.74, 6) is 0.644. The second-order valence-electron chi connectivity index (χ2n) is 3.54. The smallest absolute Gasteiger partial charge is 0.222 e. The maximum absolute atomic E-state index is 4.25. The summed E-state index contributed by atoms with van der Waals surface area (Å²) in [4.78, 5) is 8.18. The van der Waals surface area contributed by atoms with E-state index in [0.717, 1.165) is 18.5 Å². The lowest BCUT2D eigenvalue weighted by atomic mass is 10.3. The van der Waals surface area contributed by atoms with Crippen LogP contribution in [0.4, 0.5) is 5.95 Å². The fourth-order valence-corrected chi connectivity index (χ4v) is 1.42. The van der Waals surface area contributed by atoms with E-state index in [0.29, 0.717) is 12.5 Å². The van der Waals surface area contributed by atoms with Gasteiger partial charge in [-0.1, -0.05) is 6.92 Å². The van der Waals surface area contributed by atoms with Gasteiger partial charge in [0, 0.05) is 37.2 Å². The van der Waals surface area contributed by atoms with Crippen molar-refractivity contribution in [2.45, 2.75) is 26.4 Å². The van der Waals surface area contributed by atoms with Crippen LogP contribution in [0.1, 0.15) is 18.9 Å². The van der Waals surface area contributed by atoms with Crippen molar-refractivity contribution in [1.29, 1.82) is 0 Å². The topological polar surface area (TPSA) is 55.6 Å². The normalized spacial score (nSPS) is 10.3. The predicted molar refractivity (Wildman–Crippen MR) is 61.9 cm³/mol. The molecule has 0 aliphatic heterocycles. The highest BCUT2D eigenvalue weighted by Gasteiger charge is 1.98. The summed E-state index contributed by atoms with van der Waals surface area (Å²) in [6.07, 6.45) is 8.44. The summed E-state index contributed by atoms with van der Waals surface area (Å²) in [6, 6.07) is 1.80. The van der Waals surface area contributed by atoms with Gasteiger partial charge in [0.05, 0.1) is 6.20 Å². The molecule has 84 valence electrons. The third-order valence-electron chi connectivity index (χ3n) is 2.16. The minimum Gasteiger partial charge on any atom is -0.350 e. The highest BCUT2D eigenvalue weighted by Crippen LogP contribution is 2.02. The molecule has 0 aliphatic carbocycles. The Kier molecular flexibility index (Phi) is 3.48. The monoisotopic (exact) mass is 217 g/mol. The lowest BCUT2D eigenvalue weighted by molar-refractivity contribution is 0.602. The fraction of sp³-hybridized carbons (Fsp3) is 0.364. The Morgan fingerprint density at radius 3 is 2.88 bits per heavy atom. The van der Waals surface area contributed by atoms with E-state index in [-0.39, 0.29) is 0 Å². The summed E-state index contributed by atoms with van der Waals surface area (Å²) in [5.41, 5.74) is 1.14. The maximum atomic E-state index is 4.25. The van der Waals surface area contributed by atoms with Gasteiger partial charge >= 0.3 is 0 Å². The van der Waals surface area contributed by atoms with E-state index in [4.69, 9.17) is 0 Å². The number of rotatable bonds is 5. The number of nitrogens with zero attached hydrogens (tertiary/aromatic N) is 4. The SMILES string of the molecule is CCCn1cc(CNc2ncccn2)cn1. The molecule has 16 heavy (non-hydrogen) atoms. The Labute approximate surface area is 94.5 Å². The molecule has 5 nitrogen and oxygen atoms in total. The lowest BCUT2D eigenvalue weighted by Crippen LogP contribution is -2.02. The largest absolute Gasteiger partial charge is 0.350 e. The van der Waals surface area contributed by atoms with E-state index in [1.807, 2.05) is 17.1 Å². The molecule has 2 heterocycles. The molecular weight excluding hydrogens is 202 g/mol. The van der Waals surface area contributed by atoms with Gasteiger partial charge in [0.1, 0.15) is 0 Å². The van der Waals surface area contributed by atoms with Crippen LogP contribution in [-0.4, -0.2) is 19.7 Å². The molecule has 0 aliphatic rings. The zero-order valence-electron chi connectivity index (χ0n) is 9.30. The van der Waals surface area contributed by atoms with Crippen LogP contribution in [0.25, 0.3) is 0 Å². The zero-order chi connectivity index (χ0) is 11.2. The lowest BCUT2D eigenvalue weighted by Gasteiger charge is -2.01. The van der Waals surface area contributed by atoms with E-state index in [1.54, 1.807) is 18.5 Å². The first kappa shape index (κ1) is 10.6. The molecule has 0 fully saturated rings. The molecular formula is C11H15N5. The van der Waals surface area contributed by atoms with Crippen LogP contribution in [0.5, 0.6) is 0 Å². The van der Waals surface area contributed by atoms with Crippen LogP contribution >= 0.6 is 0 Å². The molecule has 0 bridgehead atoms. The molecule has 0 saturated carbocycles. The Balaban J connectivity index is 1.89. The Hall–Kier alpha value is -1.91. The molecule has 0 amide bonds. The van der Waals surface area contributed by atoms with Crippen molar-refractivity contribution in [2.75, 3.05) is 5.32 Å². The molecule has 0 unspecified atom stereocenters. The minimum atomic E-state index is 0.644. The summed E-state index contributed by atoms with van der Waals surface area (Å²) < 4.78 is 1.95. The van der Waals surface area contributed by atoms with Crippen molar-refractivity contribution < 1.29 is 0 Å². The van der Waals surface area contributed by atoms with Gasteiger partial charge in [-0.05, 0) is 12.5 Å². The second-order valence-corrected chi connectivity index (χ2v) is 3.54. The van der Waals surface area contributed by atoms with Crippen molar-refractivity contribution in [1.82, 2.24) is 19.7 Å². The summed E-state index contributed by atoms with van der Waals surface area (Å²) >= 11 is 0. The quantitative estimate of drug-likeness (QED) is 0.828. The molecule has 0 spiro atoms. The van der Waals surface area contributed by atoms with Crippen LogP contribution < -0.4 is 5.32 Å². The first-order valence-corrected chi connectivity index (χ1v) is 5.40. The summed E-state index contributed by atoms with van der Waals surface area (Å²) in [5, 5.41) is 7.39. The number of hydrogen-bond acceptors (Lipinski definition) is 4. The highest BCUT2D eigenvalue weighted by atomic mass is 15.3. The Bertz CT molecular complexity index is 423. The zero-order valence-corrected chi connectivity index (χ0v) is 9.30. The first-order valence-electron chi connectivity index (χ1n) is 5.40. The molecule has 2 aromatic heterocycles. The van der Waals surface area contributed by atoms with Crippen molar-refractivity contribution >= 4 is 5.95 Å². The average molecular weight is 217 g/mol. The molecule has 0 radical (unpaired) electrons. The van der Waals surface area contributed by atoms with Gasteiger partial charge in [-0.25, -0.2) is 9.97 Å². The molecule has 0 aromatic carbocycles. The van der Waals surface area contributed by atoms with Gasteiger partial charge in [0.2, 0.25) is 5.95 Å². The third-order valence-corrected chi connectivity index (χ3v) is 2.16. The molecule has 0 atom stereocenters. The van der Waals surface area contributed by atoms with Crippen molar-refractivity contribution in [3.63, 3.8) is 0 Å². The molecule has 5 heteroatoms. The summed E-state index contributed by atoms with van der Waals surface area (Å²) in [7, 11) is 0. The van der Waals surface area contributed by atoms with Crippen LogP contribution in [0.3, 0.4) is 0 Å². The number of nitrogens with one attached hydrogen (secondary N) is 1. The standard InChI is InChI=1S/C11H15N5/c1-2-6-16-9-10(8-15-16)7-14-11-12-4-3-5-13-11/h3-5,8-9H,2,6-7H2,1H3,(H,12,13,14). The van der Waals surface area contributed by atoms with Gasteiger partial charge in [-0.2, -0.15) is 5.10 Å². The Morgan fingerprint density at radius 1 is 1.31 bits per heavy atom. The van der Waals surface area contributed by atoms with Crippen LogP contribution in [0, 0.1) is 0 Å². The van der Waals surface area contributed by atoms with E-state index in [2.05, 4.69) is 27.3 Å². The van der Waals surface area contributed by atoms with Crippen LogP contribution in [0.2, 0.25) is 0 Å². The maximum Gasteiger partial charge on any atom is 0.222 e. The first-order chi connectivity index (χ1) is 7.88. The van der Waals surface area contributed by atoms with Gasteiger partial charge in [0.15, 0.2) is 0 Å². The van der Waals surface area contributed by atoms with E-state index < -0.39 is 0 Å². The van der Waals surface area contributed by atoms with Crippen molar-refractivity contribution in [3.8, 4) is 0 Å². The van der Waals surface area contributed by atoms with E-state index in [1.165, 1.54) is 0 Å².